The number of nitrogens with zero attached hydrogens (tertiary/aromatic N) is 2. The van der Waals surface area contributed by atoms with Crippen LogP contribution in [0.1, 0.15) is 24.5 Å². The molecule has 1 atom stereocenters. The normalized spacial score (nSPS) is 15.2. The van der Waals surface area contributed by atoms with Crippen LogP contribution in [0, 0.1) is 12.7 Å². The number of hydrogen-bond acceptors (Lipinski definition) is 4. The van der Waals surface area contributed by atoms with Crippen molar-refractivity contribution in [2.75, 3.05) is 32.6 Å². The average molecular weight is 432 g/mol. The smallest absolute Gasteiger partial charge is 0.126 e. The van der Waals surface area contributed by atoms with Crippen molar-refractivity contribution in [1.29, 1.82) is 0 Å². The molecule has 0 spiro atoms. The number of aryl methyl sites for hydroxylation is 1. The molecule has 1 aliphatic rings. The first kappa shape index (κ1) is 22.0. The molecule has 0 bridgehead atoms. The predicted molar refractivity (Wildman–Crippen MR) is 130 cm³/mol. The van der Waals surface area contributed by atoms with Gasteiger partial charge in [-0.15, -0.1) is 0 Å². The summed E-state index contributed by atoms with van der Waals surface area (Å²) in [5.74, 6) is 0.705. The zero-order valence-corrected chi connectivity index (χ0v) is 19.2. The van der Waals surface area contributed by atoms with Gasteiger partial charge in [0.15, 0.2) is 0 Å². The molecule has 0 amide bonds. The van der Waals surface area contributed by atoms with Crippen LogP contribution in [0.4, 0.5) is 10.1 Å². The fourth-order valence-corrected chi connectivity index (χ4v) is 3.99. The highest BCUT2D eigenvalue weighted by atomic mass is 19.1. The number of ether oxygens (including phenoxy) is 1. The number of hydrogen-bond donors (Lipinski definition) is 1. The number of fused-ring (bicyclic) bond motifs is 1. The summed E-state index contributed by atoms with van der Waals surface area (Å²) in [6.45, 7) is 5.56. The largest absolute Gasteiger partial charge is 0.493 e. The van der Waals surface area contributed by atoms with Crippen LogP contribution in [0.5, 0.6) is 0 Å². The molecule has 1 unspecified atom stereocenters. The first-order valence-electron chi connectivity index (χ1n) is 11.0. The molecule has 4 rings (SSSR count). The van der Waals surface area contributed by atoms with Crippen LogP contribution in [0.15, 0.2) is 60.8 Å². The highest BCUT2D eigenvalue weighted by Gasteiger charge is 2.19. The van der Waals surface area contributed by atoms with Crippen LogP contribution in [0.3, 0.4) is 0 Å². The molecule has 2 heterocycles. The van der Waals surface area contributed by atoms with Crippen molar-refractivity contribution in [3.8, 4) is 22.4 Å². The van der Waals surface area contributed by atoms with Crippen LogP contribution in [0.2, 0.25) is 0 Å². The zero-order valence-electron chi connectivity index (χ0n) is 19.2. The number of pyridine rings is 1. The Labute approximate surface area is 189 Å². The van der Waals surface area contributed by atoms with Gasteiger partial charge in [-0.2, -0.15) is 0 Å². The molecular formula is C27H30FN3O. The van der Waals surface area contributed by atoms with E-state index in [0.29, 0.717) is 12.2 Å². The Morgan fingerprint density at radius 2 is 1.88 bits per heavy atom. The molecule has 166 valence electrons. The van der Waals surface area contributed by atoms with E-state index >= 15 is 0 Å². The molecule has 2 aromatic carbocycles. The maximum absolute atomic E-state index is 13.8. The van der Waals surface area contributed by atoms with Gasteiger partial charge in [-0.3, -0.25) is 4.98 Å². The van der Waals surface area contributed by atoms with Crippen molar-refractivity contribution in [3.05, 3.63) is 77.7 Å². The van der Waals surface area contributed by atoms with Gasteiger partial charge < -0.3 is 15.0 Å². The van der Waals surface area contributed by atoms with E-state index in [1.54, 1.807) is 19.2 Å². The van der Waals surface area contributed by atoms with Crippen molar-refractivity contribution in [2.45, 2.75) is 26.3 Å². The van der Waals surface area contributed by atoms with E-state index in [9.17, 15) is 4.39 Å². The van der Waals surface area contributed by atoms with E-state index in [4.69, 9.17) is 4.74 Å². The number of benzene rings is 2. The van der Waals surface area contributed by atoms with Gasteiger partial charge in [0.1, 0.15) is 11.6 Å². The lowest BCUT2D eigenvalue weighted by Crippen LogP contribution is -2.20. The molecule has 4 nitrogen and oxygen atoms in total. The molecule has 0 aliphatic carbocycles. The first-order valence-corrected chi connectivity index (χ1v) is 11.0. The fourth-order valence-electron chi connectivity index (χ4n) is 3.99. The maximum atomic E-state index is 13.8. The SMILES string of the molecule is Cc1cc(-c2ncccc2-c2ccc3c(c2)C(OCCCN(C)C)=CC(C)N3)ccc1F. The number of halogens is 1. The lowest BCUT2D eigenvalue weighted by molar-refractivity contribution is 0.249. The van der Waals surface area contributed by atoms with Crippen molar-refractivity contribution >= 4 is 11.4 Å². The maximum Gasteiger partial charge on any atom is 0.126 e. The van der Waals surface area contributed by atoms with Gasteiger partial charge in [-0.1, -0.05) is 12.1 Å². The summed E-state index contributed by atoms with van der Waals surface area (Å²) < 4.78 is 20.0. The Kier molecular flexibility index (Phi) is 6.56. The van der Waals surface area contributed by atoms with Crippen LogP contribution in [0.25, 0.3) is 28.1 Å². The van der Waals surface area contributed by atoms with Crippen molar-refractivity contribution in [1.82, 2.24) is 9.88 Å². The molecule has 3 aromatic rings. The molecular weight excluding hydrogens is 401 g/mol. The van der Waals surface area contributed by atoms with Gasteiger partial charge in [0.2, 0.25) is 0 Å². The van der Waals surface area contributed by atoms with Crippen LogP contribution >= 0.6 is 0 Å². The Morgan fingerprint density at radius 3 is 2.66 bits per heavy atom. The lowest BCUT2D eigenvalue weighted by Gasteiger charge is -2.25. The lowest BCUT2D eigenvalue weighted by atomic mass is 9.94. The Hall–Kier alpha value is -3.18. The summed E-state index contributed by atoms with van der Waals surface area (Å²) in [6.07, 6.45) is 4.88. The molecule has 1 aliphatic heterocycles. The molecule has 32 heavy (non-hydrogen) atoms. The van der Waals surface area contributed by atoms with Crippen LogP contribution in [-0.4, -0.2) is 43.2 Å². The second-order valence-electron chi connectivity index (χ2n) is 8.59. The average Bonchev–Trinajstić information content (AvgIpc) is 2.78. The fraction of sp³-hybridized carbons (Fsp3) is 0.296. The summed E-state index contributed by atoms with van der Waals surface area (Å²) in [4.78, 5) is 6.79. The van der Waals surface area contributed by atoms with Crippen molar-refractivity contribution in [3.63, 3.8) is 0 Å². The number of rotatable bonds is 7. The van der Waals surface area contributed by atoms with Crippen molar-refractivity contribution < 1.29 is 9.13 Å². The van der Waals surface area contributed by atoms with E-state index in [0.717, 1.165) is 52.4 Å². The molecule has 0 saturated carbocycles. The molecule has 1 aromatic heterocycles. The van der Waals surface area contributed by atoms with Crippen LogP contribution in [-0.2, 0) is 4.74 Å². The van der Waals surface area contributed by atoms with Gasteiger partial charge in [0, 0.05) is 41.2 Å². The minimum absolute atomic E-state index is 0.202. The van der Waals surface area contributed by atoms with Gasteiger partial charge in [0.25, 0.3) is 0 Å². The van der Waals surface area contributed by atoms with Gasteiger partial charge >= 0.3 is 0 Å². The van der Waals surface area contributed by atoms with Gasteiger partial charge in [-0.05, 0) is 88.0 Å². The quantitative estimate of drug-likeness (QED) is 0.467. The minimum Gasteiger partial charge on any atom is -0.493 e. The standard InChI is InChI=1S/C27H30FN3O/c1-18-15-21(8-10-24(18)28)27-22(7-5-12-29-27)20-9-11-25-23(17-20)26(16-19(2)30-25)32-14-6-13-31(3)4/h5,7-12,15-17,19,30H,6,13-14H2,1-4H3. The summed E-state index contributed by atoms with van der Waals surface area (Å²) in [6, 6.07) is 15.7. The monoisotopic (exact) mass is 431 g/mol. The van der Waals surface area contributed by atoms with E-state index in [1.165, 1.54) is 6.07 Å². The van der Waals surface area contributed by atoms with E-state index in [-0.39, 0.29) is 11.9 Å². The highest BCUT2D eigenvalue weighted by molar-refractivity contribution is 5.86. The van der Waals surface area contributed by atoms with Crippen molar-refractivity contribution in [2.24, 2.45) is 0 Å². The minimum atomic E-state index is -0.207. The topological polar surface area (TPSA) is 37.4 Å². The molecule has 0 radical (unpaired) electrons. The second kappa shape index (κ2) is 9.53. The predicted octanol–water partition coefficient (Wildman–Crippen LogP) is 5.99. The van der Waals surface area contributed by atoms with E-state index in [2.05, 4.69) is 66.6 Å². The number of nitrogens with one attached hydrogen (secondary N) is 1. The van der Waals surface area contributed by atoms with E-state index in [1.807, 2.05) is 12.1 Å². The molecule has 1 N–H and O–H groups in total. The second-order valence-corrected chi connectivity index (χ2v) is 8.59. The third-order valence-corrected chi connectivity index (χ3v) is 5.63. The van der Waals surface area contributed by atoms with Crippen LogP contribution < -0.4 is 5.32 Å². The molecule has 0 fully saturated rings. The summed E-state index contributed by atoms with van der Waals surface area (Å²) >= 11 is 0. The Morgan fingerprint density at radius 1 is 1.06 bits per heavy atom. The summed E-state index contributed by atoms with van der Waals surface area (Å²) in [7, 11) is 4.14. The Balaban J connectivity index is 1.68. The first-order chi connectivity index (χ1) is 15.4. The third kappa shape index (κ3) is 4.83. The van der Waals surface area contributed by atoms with Gasteiger partial charge in [-0.25, -0.2) is 4.39 Å². The van der Waals surface area contributed by atoms with E-state index < -0.39 is 0 Å². The highest BCUT2D eigenvalue weighted by Crippen LogP contribution is 2.37. The zero-order chi connectivity index (χ0) is 22.7. The Bertz CT molecular complexity index is 1140. The molecule has 5 heteroatoms. The summed E-state index contributed by atoms with van der Waals surface area (Å²) in [5.41, 5.74) is 6.52. The van der Waals surface area contributed by atoms with Gasteiger partial charge in [0.05, 0.1) is 12.3 Å². The third-order valence-electron chi connectivity index (χ3n) is 5.63. The molecule has 0 saturated heterocycles. The summed E-state index contributed by atoms with van der Waals surface area (Å²) in [5, 5.41) is 3.52. The number of anilines is 1. The number of aromatic nitrogens is 1.